The number of benzene rings is 3. The Balaban J connectivity index is 1.68. The minimum atomic E-state index is -3.80. The van der Waals surface area contributed by atoms with Gasteiger partial charge in [-0.15, -0.1) is 0 Å². The molecule has 34 heavy (non-hydrogen) atoms. The number of rotatable bonds is 9. The van der Waals surface area contributed by atoms with E-state index in [1.807, 2.05) is 18.2 Å². The molecular formula is C22H19ClN4O6S. The maximum Gasteiger partial charge on any atom is 0.270 e. The van der Waals surface area contributed by atoms with Gasteiger partial charge in [0.25, 0.3) is 11.6 Å². The molecule has 10 nitrogen and oxygen atoms in total. The third kappa shape index (κ3) is 6.77. The number of hydrazone groups is 1. The first-order chi connectivity index (χ1) is 16.1. The van der Waals surface area contributed by atoms with Crippen molar-refractivity contribution < 1.29 is 22.9 Å². The Labute approximate surface area is 200 Å². The third-order valence-electron chi connectivity index (χ3n) is 4.37. The zero-order valence-electron chi connectivity index (χ0n) is 17.8. The minimum absolute atomic E-state index is 0.194. The van der Waals surface area contributed by atoms with Crippen LogP contribution in [-0.4, -0.2) is 38.3 Å². The lowest BCUT2D eigenvalue weighted by molar-refractivity contribution is -0.384. The second-order valence-electron chi connectivity index (χ2n) is 6.93. The molecule has 1 N–H and O–H groups in total. The van der Waals surface area contributed by atoms with Gasteiger partial charge in [0.2, 0.25) is 10.0 Å². The molecule has 0 aliphatic rings. The fourth-order valence-electron chi connectivity index (χ4n) is 2.79. The van der Waals surface area contributed by atoms with Crippen LogP contribution in [0.2, 0.25) is 5.02 Å². The summed E-state index contributed by atoms with van der Waals surface area (Å²) in [5.41, 5.74) is 2.47. The molecule has 0 bridgehead atoms. The number of para-hydroxylation sites is 1. The lowest BCUT2D eigenvalue weighted by atomic mass is 10.2. The van der Waals surface area contributed by atoms with Gasteiger partial charge in [-0.05, 0) is 42.5 Å². The highest BCUT2D eigenvalue weighted by Gasteiger charge is 2.21. The Kier molecular flexibility index (Phi) is 7.82. The van der Waals surface area contributed by atoms with Gasteiger partial charge >= 0.3 is 0 Å². The predicted octanol–water partition coefficient (Wildman–Crippen LogP) is 3.96. The van der Waals surface area contributed by atoms with E-state index in [1.54, 1.807) is 24.3 Å². The number of carbonyl (C=O) groups excluding carboxylic acids is 1. The van der Waals surface area contributed by atoms with Crippen molar-refractivity contribution in [2.24, 2.45) is 5.10 Å². The van der Waals surface area contributed by atoms with Gasteiger partial charge in [-0.25, -0.2) is 13.8 Å². The standard InChI is InChI=1S/C22H19ClN4O6S/c1-34(31,32)26(17-7-10-20(11-8-17)33-19-5-3-2-4-6-19)15-22(28)25-24-14-16-13-18(27(29)30)9-12-21(16)23/h2-14H,15H2,1H3,(H,25,28)/b24-14-. The van der Waals surface area contributed by atoms with Crippen molar-refractivity contribution >= 4 is 45.1 Å². The van der Waals surface area contributed by atoms with Gasteiger partial charge in [0.05, 0.1) is 23.1 Å². The number of halogens is 1. The largest absolute Gasteiger partial charge is 0.457 e. The molecular weight excluding hydrogens is 484 g/mol. The number of carbonyl (C=O) groups is 1. The van der Waals surface area contributed by atoms with Crippen molar-refractivity contribution in [1.29, 1.82) is 0 Å². The third-order valence-corrected chi connectivity index (χ3v) is 5.86. The van der Waals surface area contributed by atoms with Gasteiger partial charge in [-0.2, -0.15) is 5.10 Å². The van der Waals surface area contributed by atoms with E-state index in [1.165, 1.54) is 30.3 Å². The monoisotopic (exact) mass is 502 g/mol. The maximum atomic E-state index is 12.3. The molecule has 0 heterocycles. The Morgan fingerprint density at radius 1 is 1.12 bits per heavy atom. The molecule has 0 unspecified atom stereocenters. The van der Waals surface area contributed by atoms with Crippen LogP contribution < -0.4 is 14.5 Å². The van der Waals surface area contributed by atoms with Gasteiger partial charge in [0, 0.05) is 22.7 Å². The van der Waals surface area contributed by atoms with E-state index < -0.39 is 27.4 Å². The van der Waals surface area contributed by atoms with E-state index >= 15 is 0 Å². The average Bonchev–Trinajstić information content (AvgIpc) is 2.79. The molecule has 0 saturated carbocycles. The number of non-ortho nitro benzene ring substituents is 1. The quantitative estimate of drug-likeness (QED) is 0.267. The number of hydrogen-bond acceptors (Lipinski definition) is 7. The molecule has 0 aliphatic heterocycles. The number of nitrogens with one attached hydrogen (secondary N) is 1. The molecule has 176 valence electrons. The van der Waals surface area contributed by atoms with E-state index in [4.69, 9.17) is 16.3 Å². The number of amides is 1. The summed E-state index contributed by atoms with van der Waals surface area (Å²) in [6.07, 6.45) is 2.11. The molecule has 0 saturated heterocycles. The molecule has 0 aliphatic carbocycles. The Morgan fingerprint density at radius 3 is 2.38 bits per heavy atom. The lowest BCUT2D eigenvalue weighted by Crippen LogP contribution is -2.39. The molecule has 0 fully saturated rings. The highest BCUT2D eigenvalue weighted by atomic mass is 35.5. The van der Waals surface area contributed by atoms with Crippen molar-refractivity contribution in [3.63, 3.8) is 0 Å². The summed E-state index contributed by atoms with van der Waals surface area (Å²) in [4.78, 5) is 22.6. The van der Waals surface area contributed by atoms with Crippen molar-refractivity contribution in [3.8, 4) is 11.5 Å². The number of anilines is 1. The molecule has 0 radical (unpaired) electrons. The first-order valence-corrected chi connectivity index (χ1v) is 11.9. The number of nitro groups is 1. The SMILES string of the molecule is CS(=O)(=O)N(CC(=O)N/N=C\c1cc([N+](=O)[O-])ccc1Cl)c1ccc(Oc2ccccc2)cc1. The summed E-state index contributed by atoms with van der Waals surface area (Å²) in [5, 5.41) is 14.8. The topological polar surface area (TPSA) is 131 Å². The Morgan fingerprint density at radius 2 is 1.76 bits per heavy atom. The summed E-state index contributed by atoms with van der Waals surface area (Å²) in [7, 11) is -3.80. The van der Waals surface area contributed by atoms with Gasteiger partial charge < -0.3 is 4.74 Å². The molecule has 3 aromatic carbocycles. The molecule has 3 rings (SSSR count). The van der Waals surface area contributed by atoms with E-state index in [-0.39, 0.29) is 22.0 Å². The number of hydrogen-bond donors (Lipinski definition) is 1. The van der Waals surface area contributed by atoms with E-state index in [9.17, 15) is 23.3 Å². The number of nitro benzene ring substituents is 1. The zero-order valence-corrected chi connectivity index (χ0v) is 19.4. The molecule has 12 heteroatoms. The molecule has 3 aromatic rings. The number of ether oxygens (including phenoxy) is 1. The van der Waals surface area contributed by atoms with Crippen molar-refractivity contribution in [2.75, 3.05) is 17.1 Å². The summed E-state index contributed by atoms with van der Waals surface area (Å²) in [6.45, 7) is -0.544. The molecule has 0 aromatic heterocycles. The van der Waals surface area contributed by atoms with Crippen LogP contribution in [0.5, 0.6) is 11.5 Å². The first kappa shape index (κ1) is 24.7. The van der Waals surface area contributed by atoms with Crippen LogP contribution >= 0.6 is 11.6 Å². The summed E-state index contributed by atoms with van der Waals surface area (Å²) in [6, 6.07) is 19.0. The Bertz CT molecular complexity index is 1310. The highest BCUT2D eigenvalue weighted by Crippen LogP contribution is 2.25. The molecule has 1 amide bonds. The van der Waals surface area contributed by atoms with Gasteiger partial charge in [-0.3, -0.25) is 19.2 Å². The van der Waals surface area contributed by atoms with E-state index in [0.29, 0.717) is 11.5 Å². The first-order valence-electron chi connectivity index (χ1n) is 9.70. The van der Waals surface area contributed by atoms with Gasteiger partial charge in [0.15, 0.2) is 0 Å². The van der Waals surface area contributed by atoms with Crippen LogP contribution in [0.4, 0.5) is 11.4 Å². The predicted molar refractivity (Wildman–Crippen MR) is 129 cm³/mol. The number of sulfonamides is 1. The molecule has 0 spiro atoms. The smallest absolute Gasteiger partial charge is 0.270 e. The van der Waals surface area contributed by atoms with Crippen molar-refractivity contribution in [3.05, 3.63) is 93.5 Å². The van der Waals surface area contributed by atoms with Crippen LogP contribution in [0.15, 0.2) is 77.9 Å². The van der Waals surface area contributed by atoms with Crippen LogP contribution in [0.3, 0.4) is 0 Å². The van der Waals surface area contributed by atoms with E-state index in [0.717, 1.165) is 16.8 Å². The van der Waals surface area contributed by atoms with Crippen LogP contribution in [-0.2, 0) is 14.8 Å². The van der Waals surface area contributed by atoms with E-state index in [2.05, 4.69) is 10.5 Å². The number of nitrogens with zero attached hydrogens (tertiary/aromatic N) is 3. The summed E-state index contributed by atoms with van der Waals surface area (Å²) in [5.74, 6) is 0.385. The fraction of sp³-hybridized carbons (Fsp3) is 0.0909. The van der Waals surface area contributed by atoms with Crippen molar-refractivity contribution in [2.45, 2.75) is 0 Å². The van der Waals surface area contributed by atoms with Crippen LogP contribution in [0, 0.1) is 10.1 Å². The van der Waals surface area contributed by atoms with Gasteiger partial charge in [0.1, 0.15) is 18.0 Å². The minimum Gasteiger partial charge on any atom is -0.457 e. The fourth-order valence-corrected chi connectivity index (χ4v) is 3.81. The van der Waals surface area contributed by atoms with Gasteiger partial charge in [-0.1, -0.05) is 29.8 Å². The normalized spacial score (nSPS) is 11.2. The summed E-state index contributed by atoms with van der Waals surface area (Å²) < 4.78 is 31.2. The summed E-state index contributed by atoms with van der Waals surface area (Å²) >= 11 is 5.98. The van der Waals surface area contributed by atoms with Crippen molar-refractivity contribution in [1.82, 2.24) is 5.43 Å². The Hall–Kier alpha value is -3.96. The zero-order chi connectivity index (χ0) is 24.7. The highest BCUT2D eigenvalue weighted by molar-refractivity contribution is 7.92. The second-order valence-corrected chi connectivity index (χ2v) is 9.25. The lowest BCUT2D eigenvalue weighted by Gasteiger charge is -2.21. The molecule has 0 atom stereocenters. The maximum absolute atomic E-state index is 12.3. The average molecular weight is 503 g/mol. The second kappa shape index (κ2) is 10.8. The van der Waals surface area contributed by atoms with Crippen LogP contribution in [0.1, 0.15) is 5.56 Å². The van der Waals surface area contributed by atoms with Crippen LogP contribution in [0.25, 0.3) is 0 Å².